The lowest BCUT2D eigenvalue weighted by Crippen LogP contribution is -2.33. The fraction of sp³-hybridized carbons (Fsp3) is 0.929. The van der Waals surface area contributed by atoms with Gasteiger partial charge in [-0.15, -0.1) is 0 Å². The molecule has 2 aliphatic rings. The van der Waals surface area contributed by atoms with Crippen molar-refractivity contribution < 1.29 is 4.79 Å². The summed E-state index contributed by atoms with van der Waals surface area (Å²) in [5.41, 5.74) is 6.05. The van der Waals surface area contributed by atoms with Crippen LogP contribution in [0.3, 0.4) is 0 Å². The zero-order chi connectivity index (χ0) is 11.5. The molecule has 0 radical (unpaired) electrons. The molecule has 0 bridgehead atoms. The van der Waals surface area contributed by atoms with Gasteiger partial charge in [0, 0.05) is 18.4 Å². The third-order valence-corrected chi connectivity index (χ3v) is 4.51. The zero-order valence-corrected chi connectivity index (χ0v) is 10.5. The molecule has 0 heterocycles. The Balaban J connectivity index is 1.85. The van der Waals surface area contributed by atoms with Crippen LogP contribution in [0.5, 0.6) is 0 Å². The van der Waals surface area contributed by atoms with Crippen molar-refractivity contribution in [2.24, 2.45) is 23.5 Å². The van der Waals surface area contributed by atoms with E-state index in [1.165, 1.54) is 32.1 Å². The zero-order valence-electron chi connectivity index (χ0n) is 10.5. The first-order chi connectivity index (χ1) is 7.72. The molecule has 2 aliphatic carbocycles. The van der Waals surface area contributed by atoms with Gasteiger partial charge in [0.2, 0.25) is 0 Å². The summed E-state index contributed by atoms with van der Waals surface area (Å²) in [6.07, 6.45) is 9.23. The Kier molecular flexibility index (Phi) is 4.01. The van der Waals surface area contributed by atoms with Crippen molar-refractivity contribution in [3.05, 3.63) is 0 Å². The molecule has 0 spiro atoms. The number of carbonyl (C=O) groups excluding carboxylic acids is 1. The summed E-state index contributed by atoms with van der Waals surface area (Å²) in [4.78, 5) is 12.2. The van der Waals surface area contributed by atoms with Crippen molar-refractivity contribution in [3.8, 4) is 0 Å². The van der Waals surface area contributed by atoms with Crippen LogP contribution >= 0.6 is 0 Å². The van der Waals surface area contributed by atoms with Crippen molar-refractivity contribution >= 4 is 5.78 Å². The molecule has 16 heavy (non-hydrogen) atoms. The number of carbonyl (C=O) groups is 1. The monoisotopic (exact) mass is 223 g/mol. The first-order valence-corrected chi connectivity index (χ1v) is 7.00. The normalized spacial score (nSPS) is 32.4. The Morgan fingerprint density at radius 3 is 2.56 bits per heavy atom. The van der Waals surface area contributed by atoms with Gasteiger partial charge < -0.3 is 5.73 Å². The smallest absolute Gasteiger partial charge is 0.137 e. The number of hydrogen-bond acceptors (Lipinski definition) is 2. The minimum Gasteiger partial charge on any atom is -0.327 e. The van der Waals surface area contributed by atoms with Crippen molar-refractivity contribution in [3.63, 3.8) is 0 Å². The van der Waals surface area contributed by atoms with E-state index >= 15 is 0 Å². The summed E-state index contributed by atoms with van der Waals surface area (Å²) in [7, 11) is 0. The molecule has 0 saturated heterocycles. The highest BCUT2D eigenvalue weighted by molar-refractivity contribution is 5.82. The lowest BCUT2D eigenvalue weighted by molar-refractivity contribution is -0.126. The van der Waals surface area contributed by atoms with E-state index in [2.05, 4.69) is 6.92 Å². The van der Waals surface area contributed by atoms with Crippen LogP contribution in [0, 0.1) is 17.8 Å². The average Bonchev–Trinajstić information content (AvgIpc) is 3.12. The van der Waals surface area contributed by atoms with Gasteiger partial charge in [-0.2, -0.15) is 0 Å². The van der Waals surface area contributed by atoms with Gasteiger partial charge in [0.05, 0.1) is 0 Å². The topological polar surface area (TPSA) is 43.1 Å². The van der Waals surface area contributed by atoms with E-state index in [-0.39, 0.29) is 6.04 Å². The van der Waals surface area contributed by atoms with Crippen LogP contribution in [0.25, 0.3) is 0 Å². The van der Waals surface area contributed by atoms with Crippen LogP contribution in [0.1, 0.15) is 58.3 Å². The molecule has 2 nitrogen and oxygen atoms in total. The number of hydrogen-bond donors (Lipinski definition) is 1. The predicted octanol–water partition coefficient (Wildman–Crippen LogP) is 2.90. The summed E-state index contributed by atoms with van der Waals surface area (Å²) in [5.74, 6) is 2.11. The Morgan fingerprint density at radius 1 is 1.25 bits per heavy atom. The maximum atomic E-state index is 12.2. The number of rotatable bonds is 5. The second-order valence-electron chi connectivity index (χ2n) is 5.73. The SMILES string of the molecule is CCC1CCCCC1C(=O)CC(N)C1CC1. The minimum absolute atomic E-state index is 0.159. The second-order valence-corrected chi connectivity index (χ2v) is 5.73. The Morgan fingerprint density at radius 2 is 1.94 bits per heavy atom. The summed E-state index contributed by atoms with van der Waals surface area (Å²) in [6.45, 7) is 2.22. The molecule has 2 fully saturated rings. The maximum absolute atomic E-state index is 12.2. The molecule has 0 aromatic heterocycles. The van der Waals surface area contributed by atoms with E-state index in [1.807, 2.05) is 0 Å². The lowest BCUT2D eigenvalue weighted by Gasteiger charge is -2.30. The van der Waals surface area contributed by atoms with E-state index in [4.69, 9.17) is 5.73 Å². The fourth-order valence-corrected chi connectivity index (χ4v) is 3.19. The summed E-state index contributed by atoms with van der Waals surface area (Å²) in [6, 6.07) is 0.159. The highest BCUT2D eigenvalue weighted by Gasteiger charge is 2.34. The Bertz CT molecular complexity index is 247. The Hall–Kier alpha value is -0.370. The van der Waals surface area contributed by atoms with Crippen LogP contribution < -0.4 is 5.73 Å². The largest absolute Gasteiger partial charge is 0.327 e. The van der Waals surface area contributed by atoms with Gasteiger partial charge in [0.25, 0.3) is 0 Å². The molecule has 2 saturated carbocycles. The summed E-state index contributed by atoms with van der Waals surface area (Å²) >= 11 is 0. The van der Waals surface area contributed by atoms with Gasteiger partial charge in [-0.1, -0.05) is 26.2 Å². The number of Topliss-reactive ketones (excluding diaryl/α,β-unsaturated/α-hetero) is 1. The van der Waals surface area contributed by atoms with Gasteiger partial charge >= 0.3 is 0 Å². The molecule has 92 valence electrons. The van der Waals surface area contributed by atoms with Crippen molar-refractivity contribution in [1.82, 2.24) is 0 Å². The van der Waals surface area contributed by atoms with Gasteiger partial charge in [-0.3, -0.25) is 4.79 Å². The minimum atomic E-state index is 0.159. The van der Waals surface area contributed by atoms with Crippen LogP contribution in [-0.4, -0.2) is 11.8 Å². The third-order valence-electron chi connectivity index (χ3n) is 4.51. The molecule has 0 aromatic rings. The molecule has 0 aliphatic heterocycles. The van der Waals surface area contributed by atoms with Gasteiger partial charge in [0.15, 0.2) is 0 Å². The quantitative estimate of drug-likeness (QED) is 0.778. The van der Waals surface area contributed by atoms with Crippen molar-refractivity contribution in [1.29, 1.82) is 0 Å². The third kappa shape index (κ3) is 2.85. The first kappa shape index (κ1) is 12.1. The van der Waals surface area contributed by atoms with Crippen LogP contribution in [-0.2, 0) is 4.79 Å². The average molecular weight is 223 g/mol. The molecule has 3 atom stereocenters. The van der Waals surface area contributed by atoms with Gasteiger partial charge in [-0.05, 0) is 37.5 Å². The van der Waals surface area contributed by atoms with E-state index in [9.17, 15) is 4.79 Å². The first-order valence-electron chi connectivity index (χ1n) is 7.00. The Labute approximate surface area is 99.0 Å². The van der Waals surface area contributed by atoms with Crippen LogP contribution in [0.2, 0.25) is 0 Å². The molecule has 2 N–H and O–H groups in total. The van der Waals surface area contributed by atoms with E-state index in [1.54, 1.807) is 0 Å². The predicted molar refractivity (Wildman–Crippen MR) is 66.1 cm³/mol. The molecule has 2 rings (SSSR count). The second kappa shape index (κ2) is 5.31. The van der Waals surface area contributed by atoms with E-state index < -0.39 is 0 Å². The molecular formula is C14H25NO. The lowest BCUT2D eigenvalue weighted by atomic mass is 9.74. The molecule has 3 unspecified atom stereocenters. The number of ketones is 1. The summed E-state index contributed by atoms with van der Waals surface area (Å²) in [5, 5.41) is 0. The maximum Gasteiger partial charge on any atom is 0.137 e. The fourth-order valence-electron chi connectivity index (χ4n) is 3.19. The highest BCUT2D eigenvalue weighted by Crippen LogP contribution is 2.36. The summed E-state index contributed by atoms with van der Waals surface area (Å²) < 4.78 is 0. The molecular weight excluding hydrogens is 198 g/mol. The van der Waals surface area contributed by atoms with Crippen LogP contribution in [0.15, 0.2) is 0 Å². The molecule has 2 heteroatoms. The molecule has 0 aromatic carbocycles. The standard InChI is InChI=1S/C14H25NO/c1-2-10-5-3-4-6-12(10)14(16)9-13(15)11-7-8-11/h10-13H,2-9,15H2,1H3. The van der Waals surface area contributed by atoms with Gasteiger partial charge in [-0.25, -0.2) is 0 Å². The van der Waals surface area contributed by atoms with Crippen molar-refractivity contribution in [2.75, 3.05) is 0 Å². The van der Waals surface area contributed by atoms with Crippen molar-refractivity contribution in [2.45, 2.75) is 64.3 Å². The highest BCUT2D eigenvalue weighted by atomic mass is 16.1. The molecule has 0 amide bonds. The van der Waals surface area contributed by atoms with Gasteiger partial charge in [0.1, 0.15) is 5.78 Å². The van der Waals surface area contributed by atoms with E-state index in [0.717, 1.165) is 12.8 Å². The van der Waals surface area contributed by atoms with E-state index in [0.29, 0.717) is 30.0 Å². The van der Waals surface area contributed by atoms with Crippen LogP contribution in [0.4, 0.5) is 0 Å². The number of nitrogens with two attached hydrogens (primary N) is 1.